The Morgan fingerprint density at radius 1 is 1.35 bits per heavy atom. The van der Waals surface area contributed by atoms with Gasteiger partial charge in [0.15, 0.2) is 0 Å². The second kappa shape index (κ2) is 5.10. The molecule has 0 radical (unpaired) electrons. The molecule has 2 aromatic rings. The minimum Gasteiger partial charge on any atom is -0.333 e. The van der Waals surface area contributed by atoms with Gasteiger partial charge >= 0.3 is 0 Å². The number of nitrogens with two attached hydrogens (primary N) is 1. The number of aryl methyl sites for hydroxylation is 2. The SMILES string of the molecule is C[C@@H](N)c1cncn1CCc1ccc(F)cc1. The molecule has 1 heterocycles. The summed E-state index contributed by atoms with van der Waals surface area (Å²) in [6, 6.07) is 6.55. The van der Waals surface area contributed by atoms with Gasteiger partial charge in [0.25, 0.3) is 0 Å². The quantitative estimate of drug-likeness (QED) is 0.880. The molecule has 0 amide bonds. The predicted molar refractivity (Wildman–Crippen MR) is 64.9 cm³/mol. The second-order valence-electron chi connectivity index (χ2n) is 4.18. The summed E-state index contributed by atoms with van der Waals surface area (Å²) in [6.07, 6.45) is 4.41. The van der Waals surface area contributed by atoms with E-state index in [2.05, 4.69) is 4.98 Å². The van der Waals surface area contributed by atoms with Crippen LogP contribution in [0.25, 0.3) is 0 Å². The third-order valence-corrected chi connectivity index (χ3v) is 2.77. The van der Waals surface area contributed by atoms with E-state index in [-0.39, 0.29) is 11.9 Å². The molecule has 1 atom stereocenters. The highest BCUT2D eigenvalue weighted by molar-refractivity contribution is 5.16. The zero-order valence-corrected chi connectivity index (χ0v) is 9.81. The standard InChI is InChI=1S/C13H16FN3/c1-10(15)13-8-16-9-17(13)7-6-11-2-4-12(14)5-3-11/h2-5,8-10H,6-7,15H2,1H3/t10-/m1/s1. The van der Waals surface area contributed by atoms with Crippen molar-refractivity contribution in [3.05, 3.63) is 53.9 Å². The Morgan fingerprint density at radius 3 is 2.71 bits per heavy atom. The van der Waals surface area contributed by atoms with Gasteiger partial charge in [-0.2, -0.15) is 0 Å². The molecule has 3 nitrogen and oxygen atoms in total. The topological polar surface area (TPSA) is 43.8 Å². The third kappa shape index (κ3) is 2.91. The van der Waals surface area contributed by atoms with Gasteiger partial charge in [-0.05, 0) is 31.0 Å². The van der Waals surface area contributed by atoms with Gasteiger partial charge in [0, 0.05) is 18.8 Å². The van der Waals surface area contributed by atoms with Gasteiger partial charge in [0.2, 0.25) is 0 Å². The van der Waals surface area contributed by atoms with E-state index in [9.17, 15) is 4.39 Å². The first-order chi connectivity index (χ1) is 8.16. The van der Waals surface area contributed by atoms with Gasteiger partial charge in [-0.15, -0.1) is 0 Å². The number of benzene rings is 1. The Morgan fingerprint density at radius 2 is 2.06 bits per heavy atom. The van der Waals surface area contributed by atoms with Gasteiger partial charge in [0.05, 0.1) is 12.0 Å². The molecule has 0 aliphatic heterocycles. The summed E-state index contributed by atoms with van der Waals surface area (Å²) >= 11 is 0. The molecule has 1 aromatic heterocycles. The molecule has 1 aromatic carbocycles. The van der Waals surface area contributed by atoms with Crippen molar-refractivity contribution in [2.45, 2.75) is 25.9 Å². The molecule has 90 valence electrons. The van der Waals surface area contributed by atoms with Crippen LogP contribution < -0.4 is 5.73 Å². The lowest BCUT2D eigenvalue weighted by Crippen LogP contribution is -2.12. The van der Waals surface area contributed by atoms with Gasteiger partial charge < -0.3 is 10.3 Å². The van der Waals surface area contributed by atoms with Gasteiger partial charge in [-0.1, -0.05) is 12.1 Å². The van der Waals surface area contributed by atoms with E-state index in [0.29, 0.717) is 0 Å². The Hall–Kier alpha value is -1.68. The second-order valence-corrected chi connectivity index (χ2v) is 4.18. The Kier molecular flexibility index (Phi) is 3.54. The van der Waals surface area contributed by atoms with Crippen molar-refractivity contribution < 1.29 is 4.39 Å². The Labute approximate surface area is 100 Å². The first-order valence-electron chi connectivity index (χ1n) is 5.67. The van der Waals surface area contributed by atoms with E-state index in [1.165, 1.54) is 12.1 Å². The van der Waals surface area contributed by atoms with Crippen LogP contribution in [0.1, 0.15) is 24.2 Å². The van der Waals surface area contributed by atoms with Crippen molar-refractivity contribution in [1.82, 2.24) is 9.55 Å². The van der Waals surface area contributed by atoms with E-state index in [4.69, 9.17) is 5.73 Å². The number of hydrogen-bond acceptors (Lipinski definition) is 2. The van der Waals surface area contributed by atoms with Crippen LogP contribution in [-0.4, -0.2) is 9.55 Å². The number of nitrogens with zero attached hydrogens (tertiary/aromatic N) is 2. The van der Waals surface area contributed by atoms with Gasteiger partial charge in [-0.25, -0.2) is 9.37 Å². The maximum absolute atomic E-state index is 12.7. The van der Waals surface area contributed by atoms with Crippen LogP contribution in [-0.2, 0) is 13.0 Å². The van der Waals surface area contributed by atoms with Crippen LogP contribution in [0.15, 0.2) is 36.8 Å². The van der Waals surface area contributed by atoms with E-state index >= 15 is 0 Å². The minimum atomic E-state index is -0.201. The van der Waals surface area contributed by atoms with Crippen molar-refractivity contribution in [2.75, 3.05) is 0 Å². The van der Waals surface area contributed by atoms with Crippen LogP contribution in [0, 0.1) is 5.82 Å². The summed E-state index contributed by atoms with van der Waals surface area (Å²) in [5, 5.41) is 0. The van der Waals surface area contributed by atoms with Crippen LogP contribution >= 0.6 is 0 Å². The van der Waals surface area contributed by atoms with Gasteiger partial charge in [-0.3, -0.25) is 0 Å². The molecule has 0 aliphatic rings. The molecule has 2 N–H and O–H groups in total. The van der Waals surface area contributed by atoms with E-state index < -0.39 is 0 Å². The van der Waals surface area contributed by atoms with Crippen molar-refractivity contribution in [3.8, 4) is 0 Å². The lowest BCUT2D eigenvalue weighted by molar-refractivity contribution is 0.616. The fraction of sp³-hybridized carbons (Fsp3) is 0.308. The number of hydrogen-bond donors (Lipinski definition) is 1. The fourth-order valence-electron chi connectivity index (χ4n) is 1.80. The molecule has 2 rings (SSSR count). The predicted octanol–water partition coefficient (Wildman–Crippen LogP) is 2.28. The minimum absolute atomic E-state index is 0.0225. The van der Waals surface area contributed by atoms with Crippen molar-refractivity contribution in [2.24, 2.45) is 5.73 Å². The summed E-state index contributed by atoms with van der Waals surface area (Å²) in [6.45, 7) is 2.74. The average molecular weight is 233 g/mol. The lowest BCUT2D eigenvalue weighted by atomic mass is 10.1. The zero-order chi connectivity index (χ0) is 12.3. The smallest absolute Gasteiger partial charge is 0.123 e. The van der Waals surface area contributed by atoms with Crippen molar-refractivity contribution >= 4 is 0 Å². The number of rotatable bonds is 4. The van der Waals surface area contributed by atoms with E-state index in [0.717, 1.165) is 24.2 Å². The van der Waals surface area contributed by atoms with Crippen LogP contribution in [0.5, 0.6) is 0 Å². The fourth-order valence-corrected chi connectivity index (χ4v) is 1.80. The normalized spacial score (nSPS) is 12.6. The maximum Gasteiger partial charge on any atom is 0.123 e. The lowest BCUT2D eigenvalue weighted by Gasteiger charge is -2.10. The zero-order valence-electron chi connectivity index (χ0n) is 9.81. The summed E-state index contributed by atoms with van der Waals surface area (Å²) in [5.41, 5.74) is 7.96. The number of halogens is 1. The average Bonchev–Trinajstić information content (AvgIpc) is 2.76. The molecule has 0 spiro atoms. The molecular formula is C13H16FN3. The van der Waals surface area contributed by atoms with E-state index in [1.807, 2.05) is 11.5 Å². The Bertz CT molecular complexity index is 474. The largest absolute Gasteiger partial charge is 0.333 e. The third-order valence-electron chi connectivity index (χ3n) is 2.77. The highest BCUT2D eigenvalue weighted by Gasteiger charge is 2.06. The molecule has 0 fully saturated rings. The molecule has 0 bridgehead atoms. The summed E-state index contributed by atoms with van der Waals surface area (Å²) < 4.78 is 14.8. The number of imidazole rings is 1. The number of aromatic nitrogens is 2. The molecule has 0 saturated carbocycles. The van der Waals surface area contributed by atoms with Crippen molar-refractivity contribution in [1.29, 1.82) is 0 Å². The first-order valence-corrected chi connectivity index (χ1v) is 5.67. The van der Waals surface area contributed by atoms with Gasteiger partial charge in [0.1, 0.15) is 5.82 Å². The monoisotopic (exact) mass is 233 g/mol. The van der Waals surface area contributed by atoms with Crippen LogP contribution in [0.4, 0.5) is 4.39 Å². The maximum atomic E-state index is 12.7. The summed E-state index contributed by atoms with van der Waals surface area (Å²) in [7, 11) is 0. The molecule has 0 unspecified atom stereocenters. The van der Waals surface area contributed by atoms with Crippen molar-refractivity contribution in [3.63, 3.8) is 0 Å². The molecule has 4 heteroatoms. The molecule has 0 aliphatic carbocycles. The highest BCUT2D eigenvalue weighted by atomic mass is 19.1. The summed E-state index contributed by atoms with van der Waals surface area (Å²) in [5.74, 6) is -0.201. The highest BCUT2D eigenvalue weighted by Crippen LogP contribution is 2.10. The summed E-state index contributed by atoms with van der Waals surface area (Å²) in [4.78, 5) is 4.09. The van der Waals surface area contributed by atoms with Crippen LogP contribution in [0.3, 0.4) is 0 Å². The Balaban J connectivity index is 2.02. The van der Waals surface area contributed by atoms with Crippen LogP contribution in [0.2, 0.25) is 0 Å². The molecule has 17 heavy (non-hydrogen) atoms. The van der Waals surface area contributed by atoms with E-state index in [1.54, 1.807) is 24.7 Å². The molecular weight excluding hydrogens is 217 g/mol. The molecule has 0 saturated heterocycles. The first kappa shape index (κ1) is 11.8.